The lowest BCUT2D eigenvalue weighted by Crippen LogP contribution is -2.61. The number of imide groups is 2. The summed E-state index contributed by atoms with van der Waals surface area (Å²) in [5, 5.41) is 3.48. The Morgan fingerprint density at radius 2 is 1.25 bits per heavy atom. The van der Waals surface area contributed by atoms with Crippen LogP contribution in [0.5, 0.6) is 23.0 Å². The minimum atomic E-state index is -0.985. The fourth-order valence-corrected chi connectivity index (χ4v) is 17.8. The van der Waals surface area contributed by atoms with Crippen LogP contribution in [0.15, 0.2) is 96.0 Å². The van der Waals surface area contributed by atoms with Gasteiger partial charge < -0.3 is 48.5 Å². The van der Waals surface area contributed by atoms with Gasteiger partial charge in [-0.1, -0.05) is 50.2 Å². The summed E-state index contributed by atoms with van der Waals surface area (Å²) in [6.07, 6.45) is 5.62. The van der Waals surface area contributed by atoms with Gasteiger partial charge in [0.05, 0.1) is 77.7 Å². The van der Waals surface area contributed by atoms with E-state index in [0.29, 0.717) is 95.6 Å². The molecule has 6 heterocycles. The molecule has 0 bridgehead atoms. The van der Waals surface area contributed by atoms with E-state index in [4.69, 9.17) is 33.5 Å². The van der Waals surface area contributed by atoms with Crippen LogP contribution in [-0.2, 0) is 64.4 Å². The lowest BCUT2D eigenvalue weighted by Gasteiger charge is -2.53. The smallest absolute Gasteiger partial charge is 0.336 e. The van der Waals surface area contributed by atoms with Crippen molar-refractivity contribution in [3.63, 3.8) is 0 Å². The number of likely N-dealkylation sites (tertiary alicyclic amines) is 1. The number of anilines is 4. The molecule has 1 N–H and O–H groups in total. The number of benzene rings is 5. The second-order valence-corrected chi connectivity index (χ2v) is 33.7. The third-order valence-corrected chi connectivity index (χ3v) is 21.9. The third kappa shape index (κ3) is 15.1. The van der Waals surface area contributed by atoms with E-state index in [1.54, 1.807) is 49.3 Å². The molecule has 22 nitrogen and oxygen atoms in total. The topological polar surface area (TPSA) is 236 Å². The number of thioether (sulfide) groups is 1. The number of amides is 7. The first-order valence-electron chi connectivity index (χ1n) is 35.4. The highest BCUT2D eigenvalue weighted by Crippen LogP contribution is 2.47. The zero-order chi connectivity index (χ0) is 73.1. The van der Waals surface area contributed by atoms with Crippen LogP contribution in [0.4, 0.5) is 28.4 Å². The van der Waals surface area contributed by atoms with Gasteiger partial charge in [-0.15, -0.1) is 16.8 Å². The minimum Gasteiger partial charge on any atom is -0.493 e. The quantitative estimate of drug-likeness (QED) is 0.0565. The zero-order valence-corrected chi connectivity index (χ0v) is 62.0. The number of hydrogen-bond donors (Lipinski definition) is 1. The number of nitrogens with one attached hydrogen (secondary N) is 1. The average Bonchev–Trinajstić information content (AvgIpc) is 1.33. The maximum atomic E-state index is 15.3. The lowest BCUT2D eigenvalue weighted by molar-refractivity contribution is -0.201. The second-order valence-electron chi connectivity index (χ2n) is 31.8. The van der Waals surface area contributed by atoms with Gasteiger partial charge in [0, 0.05) is 103 Å². The van der Waals surface area contributed by atoms with Crippen molar-refractivity contribution < 1.29 is 66.9 Å². The van der Waals surface area contributed by atoms with Crippen LogP contribution in [0.25, 0.3) is 0 Å². The summed E-state index contributed by atoms with van der Waals surface area (Å²) in [4.78, 5) is 128. The second kappa shape index (κ2) is 28.3. The van der Waals surface area contributed by atoms with E-state index in [2.05, 4.69) is 56.1 Å². The van der Waals surface area contributed by atoms with Crippen LogP contribution in [0.3, 0.4) is 0 Å². The van der Waals surface area contributed by atoms with Crippen LogP contribution < -0.4 is 39.0 Å². The van der Waals surface area contributed by atoms with E-state index in [0.717, 1.165) is 45.7 Å². The van der Waals surface area contributed by atoms with Crippen molar-refractivity contribution in [3.8, 4) is 23.0 Å². The van der Waals surface area contributed by atoms with Crippen molar-refractivity contribution in [2.24, 2.45) is 22.2 Å². The standard InChI is InChI=1S/C79H96N8O14S/c1-75(2,3)100-46-78(8,9)87(77(6,7)44-76(4,5)74(95)82(12)45-79(10,11)102-66-38-69(90)83(72(66)93)41-47-23-25-50(26-24-47)73(94)101-86-67(88)27-28-68(86)89)53-30-48(42-98-64-36-58-56(34-62(64)96-13)70(91)84-54(39-80-58)32-51-19-15-17-21-60(51)84)29-49(31-53)43-99-65-37-59-57(35-63(65)97-14)71(92)85-55(40-81-59)33-52-20-16-18-22-61(52)85/h15-22,29-31,34-37,39,47,50,54-55,66,81H,23-28,32-33,38,40-46H2,1-14H3/t47?,50?,54-,55-,66?/m0/s1. The molecule has 3 atom stereocenters. The van der Waals surface area contributed by atoms with Crippen molar-refractivity contribution in [1.82, 2.24) is 14.9 Å². The number of carbonyl (C=O) groups is 8. The van der Waals surface area contributed by atoms with Gasteiger partial charge >= 0.3 is 5.97 Å². The molecule has 2 saturated heterocycles. The molecule has 1 saturated carbocycles. The molecule has 6 aliphatic heterocycles. The predicted molar refractivity (Wildman–Crippen MR) is 391 cm³/mol. The van der Waals surface area contributed by atoms with Gasteiger partial charge in [-0.05, 0) is 171 Å². The summed E-state index contributed by atoms with van der Waals surface area (Å²) >= 11 is 1.39. The van der Waals surface area contributed by atoms with Crippen LogP contribution in [-0.4, -0.2) is 155 Å². The normalized spacial score (nSPS) is 20.4. The monoisotopic (exact) mass is 1410 g/mol. The molecular formula is C79H96N8O14S. The molecule has 5 aromatic carbocycles. The molecule has 7 aliphatic rings. The number of carbonyl (C=O) groups excluding carboxylic acids is 8. The Kier molecular flexibility index (Phi) is 20.2. The number of para-hydroxylation sites is 2. The van der Waals surface area contributed by atoms with Crippen LogP contribution in [0.2, 0.25) is 0 Å². The zero-order valence-electron chi connectivity index (χ0n) is 61.2. The molecule has 5 aromatic rings. The molecule has 7 amide bonds. The summed E-state index contributed by atoms with van der Waals surface area (Å²) in [5.74, 6) is -1.60. The number of aliphatic imine (C=N–C) groups is 1. The number of ether oxygens (including phenoxy) is 5. The summed E-state index contributed by atoms with van der Waals surface area (Å²) in [6, 6.07) is 28.8. The maximum absolute atomic E-state index is 15.3. The van der Waals surface area contributed by atoms with Crippen molar-refractivity contribution in [3.05, 3.63) is 124 Å². The van der Waals surface area contributed by atoms with Gasteiger partial charge in [-0.25, -0.2) is 4.79 Å². The average molecular weight is 1410 g/mol. The number of hydrogen-bond acceptors (Lipinski definition) is 18. The van der Waals surface area contributed by atoms with Crippen LogP contribution >= 0.6 is 11.8 Å². The lowest BCUT2D eigenvalue weighted by atomic mass is 9.76. The number of hydroxylamine groups is 2. The van der Waals surface area contributed by atoms with Crippen molar-refractivity contribution in [1.29, 1.82) is 0 Å². The largest absolute Gasteiger partial charge is 0.493 e. The molecule has 102 heavy (non-hydrogen) atoms. The minimum absolute atomic E-state index is 0.0112. The van der Waals surface area contributed by atoms with Crippen LogP contribution in [0, 0.1) is 17.3 Å². The first kappa shape index (κ1) is 72.8. The molecule has 542 valence electrons. The first-order chi connectivity index (χ1) is 48.2. The fraction of sp³-hybridized carbons (Fsp3) is 0.506. The molecular weight excluding hydrogens is 1320 g/mol. The summed E-state index contributed by atoms with van der Waals surface area (Å²) in [5.41, 5.74) is 5.16. The first-order valence-corrected chi connectivity index (χ1v) is 36.3. The highest BCUT2D eigenvalue weighted by molar-refractivity contribution is 8.02. The van der Waals surface area contributed by atoms with Gasteiger partial charge in [-0.2, -0.15) is 0 Å². The number of nitrogens with zero attached hydrogens (tertiary/aromatic N) is 7. The molecule has 1 unspecified atom stereocenters. The van der Waals surface area contributed by atoms with E-state index in [9.17, 15) is 33.6 Å². The Balaban J connectivity index is 0.796. The number of rotatable bonds is 24. The van der Waals surface area contributed by atoms with Gasteiger partial charge in [0.2, 0.25) is 17.7 Å². The van der Waals surface area contributed by atoms with Gasteiger partial charge in [0.25, 0.3) is 23.6 Å². The molecule has 0 spiro atoms. The molecule has 0 aromatic heterocycles. The fourth-order valence-electron chi connectivity index (χ4n) is 16.4. The van der Waals surface area contributed by atoms with Crippen molar-refractivity contribution >= 4 is 93.7 Å². The van der Waals surface area contributed by atoms with Gasteiger partial charge in [0.1, 0.15) is 13.2 Å². The van der Waals surface area contributed by atoms with Gasteiger partial charge in [0.15, 0.2) is 23.0 Å². The van der Waals surface area contributed by atoms with Crippen LogP contribution in [0.1, 0.15) is 170 Å². The Bertz CT molecular complexity index is 4170. The maximum Gasteiger partial charge on any atom is 0.336 e. The Hall–Kier alpha value is -8.96. The molecule has 3 fully saturated rings. The number of methoxy groups -OCH3 is 2. The van der Waals surface area contributed by atoms with E-state index in [-0.39, 0.29) is 99.7 Å². The SMILES string of the molecule is COc1cc2c(cc1OCc1cc(COc3cc4c(cc3OC)C(=O)N3c5ccccc5C[C@H]3CN4)cc(N(C(C)(C)COC(C)(C)C)C(C)(C)CC(C)(C)C(=O)N(C)CC(C)(C)SC3CC(=O)N(CC4CCC(C(=O)ON5C(=O)CCC5=O)CC4)C3=O)c1)N=C[C@@H]1Cc3ccccc3N1C2=O. The number of fused-ring (bicyclic) bond motifs is 8. The van der Waals surface area contributed by atoms with Gasteiger partial charge in [-0.3, -0.25) is 48.4 Å². The molecule has 12 rings (SSSR count). The predicted octanol–water partition coefficient (Wildman–Crippen LogP) is 12.3. The summed E-state index contributed by atoms with van der Waals surface area (Å²) in [6.45, 7) is 23.9. The molecule has 23 heteroatoms. The highest BCUT2D eigenvalue weighted by Gasteiger charge is 2.48. The Labute approximate surface area is 602 Å². The van der Waals surface area contributed by atoms with E-state index in [1.165, 1.54) is 16.7 Å². The van der Waals surface area contributed by atoms with E-state index in [1.807, 2.05) is 114 Å². The van der Waals surface area contributed by atoms with E-state index < -0.39 is 55.8 Å². The summed E-state index contributed by atoms with van der Waals surface area (Å²) in [7, 11) is 4.89. The van der Waals surface area contributed by atoms with Crippen molar-refractivity contribution in [2.75, 3.05) is 67.5 Å². The molecule has 0 radical (unpaired) electrons. The summed E-state index contributed by atoms with van der Waals surface area (Å²) < 4.78 is 31.6. The highest BCUT2D eigenvalue weighted by atomic mass is 32.2. The van der Waals surface area contributed by atoms with E-state index >= 15 is 4.79 Å². The van der Waals surface area contributed by atoms with Crippen molar-refractivity contribution in [2.45, 2.75) is 192 Å². The molecule has 1 aliphatic carbocycles. The Morgan fingerprint density at radius 3 is 1.87 bits per heavy atom. The Morgan fingerprint density at radius 1 is 0.657 bits per heavy atom. The third-order valence-electron chi connectivity index (χ3n) is 20.5.